The Morgan fingerprint density at radius 3 is 2.21 bits per heavy atom. The van der Waals surface area contributed by atoms with Gasteiger partial charge < -0.3 is 16.8 Å². The Labute approximate surface area is 143 Å². The SMILES string of the molecule is NCCCC[C@H](N)C(=O)Nc1ccc(C#Cc2ccccc2)cc1. The van der Waals surface area contributed by atoms with Gasteiger partial charge in [-0.1, -0.05) is 36.5 Å². The van der Waals surface area contributed by atoms with Crippen LogP contribution in [-0.2, 0) is 4.79 Å². The molecular formula is C20H23N3O. The van der Waals surface area contributed by atoms with Gasteiger partial charge in [-0.2, -0.15) is 0 Å². The van der Waals surface area contributed by atoms with E-state index in [2.05, 4.69) is 17.2 Å². The first-order chi connectivity index (χ1) is 11.7. The highest BCUT2D eigenvalue weighted by atomic mass is 16.2. The van der Waals surface area contributed by atoms with E-state index in [1.165, 1.54) is 0 Å². The third-order valence-electron chi connectivity index (χ3n) is 3.58. The molecule has 2 rings (SSSR count). The monoisotopic (exact) mass is 321 g/mol. The summed E-state index contributed by atoms with van der Waals surface area (Å²) in [6, 6.07) is 16.7. The van der Waals surface area contributed by atoms with E-state index < -0.39 is 6.04 Å². The maximum Gasteiger partial charge on any atom is 0.241 e. The van der Waals surface area contributed by atoms with Crippen LogP contribution in [0.3, 0.4) is 0 Å². The van der Waals surface area contributed by atoms with Crippen LogP contribution in [0.1, 0.15) is 30.4 Å². The summed E-state index contributed by atoms with van der Waals surface area (Å²) in [5.41, 5.74) is 13.9. The Balaban J connectivity index is 1.90. The smallest absolute Gasteiger partial charge is 0.241 e. The lowest BCUT2D eigenvalue weighted by molar-refractivity contribution is -0.117. The minimum absolute atomic E-state index is 0.171. The Bertz CT molecular complexity index is 699. The van der Waals surface area contributed by atoms with Gasteiger partial charge in [-0.05, 0) is 55.8 Å². The fraction of sp³-hybridized carbons (Fsp3) is 0.250. The van der Waals surface area contributed by atoms with Crippen LogP contribution in [0, 0.1) is 11.8 Å². The highest BCUT2D eigenvalue weighted by molar-refractivity contribution is 5.94. The minimum Gasteiger partial charge on any atom is -0.330 e. The van der Waals surface area contributed by atoms with Crippen LogP contribution in [0.5, 0.6) is 0 Å². The molecule has 0 unspecified atom stereocenters. The Morgan fingerprint density at radius 1 is 0.958 bits per heavy atom. The molecule has 4 nitrogen and oxygen atoms in total. The summed E-state index contributed by atoms with van der Waals surface area (Å²) in [6.07, 6.45) is 2.39. The van der Waals surface area contributed by atoms with Crippen molar-refractivity contribution >= 4 is 11.6 Å². The van der Waals surface area contributed by atoms with Gasteiger partial charge in [-0.25, -0.2) is 0 Å². The molecule has 2 aromatic carbocycles. The number of hydrogen-bond donors (Lipinski definition) is 3. The van der Waals surface area contributed by atoms with Gasteiger partial charge in [0.2, 0.25) is 5.91 Å². The molecule has 1 atom stereocenters. The molecule has 0 aromatic heterocycles. The van der Waals surface area contributed by atoms with Crippen molar-refractivity contribution in [1.29, 1.82) is 0 Å². The number of unbranched alkanes of at least 4 members (excludes halogenated alkanes) is 1. The van der Waals surface area contributed by atoms with Crippen molar-refractivity contribution in [2.24, 2.45) is 11.5 Å². The van der Waals surface area contributed by atoms with Crippen molar-refractivity contribution in [3.8, 4) is 11.8 Å². The lowest BCUT2D eigenvalue weighted by atomic mass is 10.1. The molecule has 0 bridgehead atoms. The quantitative estimate of drug-likeness (QED) is 0.565. The van der Waals surface area contributed by atoms with E-state index >= 15 is 0 Å². The van der Waals surface area contributed by atoms with E-state index in [0.717, 1.165) is 29.7 Å². The second kappa shape index (κ2) is 9.51. The topological polar surface area (TPSA) is 81.1 Å². The molecule has 4 heteroatoms. The molecule has 0 radical (unpaired) electrons. The van der Waals surface area contributed by atoms with Gasteiger partial charge in [-0.15, -0.1) is 0 Å². The maximum atomic E-state index is 12.0. The highest BCUT2D eigenvalue weighted by Gasteiger charge is 2.12. The van der Waals surface area contributed by atoms with Gasteiger partial charge in [-0.3, -0.25) is 4.79 Å². The zero-order valence-electron chi connectivity index (χ0n) is 13.7. The Morgan fingerprint density at radius 2 is 1.58 bits per heavy atom. The van der Waals surface area contributed by atoms with Gasteiger partial charge >= 0.3 is 0 Å². The van der Waals surface area contributed by atoms with E-state index in [0.29, 0.717) is 13.0 Å². The third-order valence-corrected chi connectivity index (χ3v) is 3.58. The normalized spacial score (nSPS) is 11.2. The fourth-order valence-corrected chi connectivity index (χ4v) is 2.18. The number of hydrogen-bond acceptors (Lipinski definition) is 3. The first kappa shape index (κ1) is 17.7. The summed E-state index contributed by atoms with van der Waals surface area (Å²) in [5, 5.41) is 2.83. The molecule has 2 aromatic rings. The van der Waals surface area contributed by atoms with Gasteiger partial charge in [0, 0.05) is 16.8 Å². The molecule has 24 heavy (non-hydrogen) atoms. The van der Waals surface area contributed by atoms with Crippen molar-refractivity contribution in [1.82, 2.24) is 0 Å². The summed E-state index contributed by atoms with van der Waals surface area (Å²) in [6.45, 7) is 0.625. The zero-order chi connectivity index (χ0) is 17.2. The molecule has 0 fully saturated rings. The molecule has 124 valence electrons. The van der Waals surface area contributed by atoms with Crippen LogP contribution in [0.15, 0.2) is 54.6 Å². The molecule has 0 heterocycles. The number of rotatable bonds is 6. The largest absolute Gasteiger partial charge is 0.330 e. The summed E-state index contributed by atoms with van der Waals surface area (Å²) in [4.78, 5) is 12.0. The molecule has 1 amide bonds. The van der Waals surface area contributed by atoms with Crippen molar-refractivity contribution in [2.45, 2.75) is 25.3 Å². The number of nitrogens with two attached hydrogens (primary N) is 2. The minimum atomic E-state index is -0.505. The second-order valence-electron chi connectivity index (χ2n) is 5.57. The molecule has 0 aliphatic heterocycles. The second-order valence-corrected chi connectivity index (χ2v) is 5.57. The first-order valence-corrected chi connectivity index (χ1v) is 8.12. The number of amides is 1. The molecule has 0 saturated carbocycles. The van der Waals surface area contributed by atoms with Crippen LogP contribution in [0.4, 0.5) is 5.69 Å². The van der Waals surface area contributed by atoms with E-state index in [-0.39, 0.29) is 5.91 Å². The molecule has 0 saturated heterocycles. The van der Waals surface area contributed by atoms with Crippen molar-refractivity contribution in [3.63, 3.8) is 0 Å². The Hall–Kier alpha value is -2.61. The predicted molar refractivity (Wildman–Crippen MR) is 98.4 cm³/mol. The average molecular weight is 321 g/mol. The standard InChI is InChI=1S/C20H23N3O/c21-15-5-4-8-19(22)20(24)23-18-13-11-17(12-14-18)10-9-16-6-2-1-3-7-16/h1-3,6-7,11-14,19H,4-5,8,15,21-22H2,(H,23,24)/t19-/m0/s1. The van der Waals surface area contributed by atoms with Crippen LogP contribution in [0.25, 0.3) is 0 Å². The average Bonchev–Trinajstić information content (AvgIpc) is 2.62. The lowest BCUT2D eigenvalue weighted by Crippen LogP contribution is -2.35. The van der Waals surface area contributed by atoms with Crippen LogP contribution < -0.4 is 16.8 Å². The summed E-state index contributed by atoms with van der Waals surface area (Å²) >= 11 is 0. The van der Waals surface area contributed by atoms with Gasteiger partial charge in [0.05, 0.1) is 6.04 Å². The highest BCUT2D eigenvalue weighted by Crippen LogP contribution is 2.10. The molecule has 0 spiro atoms. The van der Waals surface area contributed by atoms with Crippen molar-refractivity contribution < 1.29 is 4.79 Å². The third kappa shape index (κ3) is 5.88. The van der Waals surface area contributed by atoms with Crippen LogP contribution in [-0.4, -0.2) is 18.5 Å². The molecular weight excluding hydrogens is 298 g/mol. The number of carbonyl (C=O) groups excluding carboxylic acids is 1. The van der Waals surface area contributed by atoms with Gasteiger partial charge in [0.15, 0.2) is 0 Å². The Kier molecular flexibility index (Phi) is 7.03. The predicted octanol–water partition coefficient (Wildman–Crippen LogP) is 2.48. The van der Waals surface area contributed by atoms with E-state index in [1.54, 1.807) is 0 Å². The number of benzene rings is 2. The van der Waals surface area contributed by atoms with Crippen molar-refractivity contribution in [2.75, 3.05) is 11.9 Å². The van der Waals surface area contributed by atoms with Gasteiger partial charge in [0.25, 0.3) is 0 Å². The summed E-state index contributed by atoms with van der Waals surface area (Å²) in [5.74, 6) is 6.03. The molecule has 0 aliphatic rings. The zero-order valence-corrected chi connectivity index (χ0v) is 13.7. The van der Waals surface area contributed by atoms with Crippen LogP contribution in [0.2, 0.25) is 0 Å². The molecule has 0 aliphatic carbocycles. The van der Waals surface area contributed by atoms with Gasteiger partial charge in [0.1, 0.15) is 0 Å². The number of nitrogens with one attached hydrogen (secondary N) is 1. The summed E-state index contributed by atoms with van der Waals surface area (Å²) in [7, 11) is 0. The van der Waals surface area contributed by atoms with E-state index in [4.69, 9.17) is 11.5 Å². The lowest BCUT2D eigenvalue weighted by Gasteiger charge is -2.12. The number of carbonyl (C=O) groups is 1. The van der Waals surface area contributed by atoms with E-state index in [1.807, 2.05) is 54.6 Å². The van der Waals surface area contributed by atoms with Crippen LogP contribution >= 0.6 is 0 Å². The van der Waals surface area contributed by atoms with E-state index in [9.17, 15) is 4.79 Å². The molecule has 5 N–H and O–H groups in total. The maximum absolute atomic E-state index is 12.0. The first-order valence-electron chi connectivity index (χ1n) is 8.12. The fourth-order valence-electron chi connectivity index (χ4n) is 2.18. The van der Waals surface area contributed by atoms with Crippen molar-refractivity contribution in [3.05, 3.63) is 65.7 Å². The summed E-state index contributed by atoms with van der Waals surface area (Å²) < 4.78 is 0. The number of anilines is 1.